The molecule has 1 rings (SSSR count). The fourth-order valence-corrected chi connectivity index (χ4v) is 1.12. The van der Waals surface area contributed by atoms with E-state index in [9.17, 15) is 4.79 Å². The van der Waals surface area contributed by atoms with Gasteiger partial charge < -0.3 is 19.9 Å². The van der Waals surface area contributed by atoms with Gasteiger partial charge in [0.05, 0.1) is 6.61 Å². The fourth-order valence-electron chi connectivity index (χ4n) is 1.12. The number of carbonyl (C=O) groups is 1. The molecule has 1 aromatic rings. The molecule has 0 aliphatic carbocycles. The Morgan fingerprint density at radius 2 is 1.83 bits per heavy atom. The Morgan fingerprint density at radius 3 is 2.44 bits per heavy atom. The molecule has 0 aliphatic heterocycles. The molecule has 100 valence electrons. The number of nitrogens with two attached hydrogens (primary N) is 1. The van der Waals surface area contributed by atoms with E-state index in [2.05, 4.69) is 0 Å². The van der Waals surface area contributed by atoms with Gasteiger partial charge in [-0.1, -0.05) is 13.8 Å². The van der Waals surface area contributed by atoms with Crippen LogP contribution >= 0.6 is 0 Å². The molecule has 18 heavy (non-hydrogen) atoms. The highest BCUT2D eigenvalue weighted by Gasteiger charge is 2.05. The van der Waals surface area contributed by atoms with Crippen LogP contribution in [0.25, 0.3) is 0 Å². The minimum Gasteiger partial charge on any atom is -0.490 e. The van der Waals surface area contributed by atoms with Crippen molar-refractivity contribution in [1.82, 2.24) is 0 Å². The van der Waals surface area contributed by atoms with Crippen molar-refractivity contribution >= 4 is 11.8 Å². The average molecular weight is 253 g/mol. The lowest BCUT2D eigenvalue weighted by molar-refractivity contribution is 0.0393. The number of hydrogen-bond donors (Lipinski definition) is 1. The Morgan fingerprint density at radius 1 is 1.17 bits per heavy atom. The number of nitrogen functional groups attached to an aromatic ring is 1. The maximum Gasteiger partial charge on any atom is 0.508 e. The number of benzene rings is 1. The molecule has 0 fully saturated rings. The van der Waals surface area contributed by atoms with Gasteiger partial charge in [0.15, 0.2) is 0 Å². The molecule has 0 atom stereocenters. The number of ether oxygens (including phenoxy) is 3. The van der Waals surface area contributed by atoms with Gasteiger partial charge in [0.25, 0.3) is 0 Å². The lowest BCUT2D eigenvalue weighted by Crippen LogP contribution is -2.15. The summed E-state index contributed by atoms with van der Waals surface area (Å²) in [5.74, 6) is 0.979. The second kappa shape index (κ2) is 7.42. The summed E-state index contributed by atoms with van der Waals surface area (Å²) in [4.78, 5) is 11.1. The van der Waals surface area contributed by atoms with Gasteiger partial charge >= 0.3 is 6.16 Å². The molecule has 1 aromatic carbocycles. The number of carbonyl (C=O) groups excluding carboxylic acids is 1. The summed E-state index contributed by atoms with van der Waals surface area (Å²) in [7, 11) is 0. The first-order chi connectivity index (χ1) is 8.58. The Hall–Kier alpha value is -1.91. The first kappa shape index (κ1) is 14.2. The maximum atomic E-state index is 11.1. The van der Waals surface area contributed by atoms with Gasteiger partial charge in [-0.2, -0.15) is 0 Å². The topological polar surface area (TPSA) is 70.8 Å². The molecule has 0 saturated heterocycles. The Labute approximate surface area is 107 Å². The SMILES string of the molecule is CC(C)COC(=O)OCCOc1ccc(N)cc1. The van der Waals surface area contributed by atoms with Crippen molar-refractivity contribution in [2.75, 3.05) is 25.6 Å². The molecule has 0 spiro atoms. The van der Waals surface area contributed by atoms with Gasteiger partial charge in [0.1, 0.15) is 19.0 Å². The van der Waals surface area contributed by atoms with E-state index in [-0.39, 0.29) is 13.2 Å². The molecule has 0 saturated carbocycles. The fraction of sp³-hybridized carbons (Fsp3) is 0.462. The summed E-state index contributed by atoms with van der Waals surface area (Å²) >= 11 is 0. The van der Waals surface area contributed by atoms with Crippen LogP contribution in [0.15, 0.2) is 24.3 Å². The zero-order valence-corrected chi connectivity index (χ0v) is 10.7. The molecule has 5 heteroatoms. The van der Waals surface area contributed by atoms with E-state index in [0.29, 0.717) is 24.0 Å². The summed E-state index contributed by atoms with van der Waals surface area (Å²) in [5, 5.41) is 0. The van der Waals surface area contributed by atoms with Crippen LogP contribution < -0.4 is 10.5 Å². The Kier molecular flexibility index (Phi) is 5.84. The monoisotopic (exact) mass is 253 g/mol. The summed E-state index contributed by atoms with van der Waals surface area (Å²) in [6.45, 7) is 4.70. The van der Waals surface area contributed by atoms with E-state index in [4.69, 9.17) is 19.9 Å². The van der Waals surface area contributed by atoms with Gasteiger partial charge in [-0.05, 0) is 30.2 Å². The third-order valence-corrected chi connectivity index (χ3v) is 1.99. The van der Waals surface area contributed by atoms with E-state index in [1.807, 2.05) is 13.8 Å². The molecule has 2 N–H and O–H groups in total. The van der Waals surface area contributed by atoms with Gasteiger partial charge in [0.2, 0.25) is 0 Å². The van der Waals surface area contributed by atoms with Gasteiger partial charge in [-0.15, -0.1) is 0 Å². The lowest BCUT2D eigenvalue weighted by Gasteiger charge is -2.09. The van der Waals surface area contributed by atoms with E-state index in [1.165, 1.54) is 0 Å². The number of rotatable bonds is 6. The molecule has 0 unspecified atom stereocenters. The van der Waals surface area contributed by atoms with Gasteiger partial charge in [0, 0.05) is 5.69 Å². The molecule has 5 nitrogen and oxygen atoms in total. The zero-order valence-electron chi connectivity index (χ0n) is 10.7. The highest BCUT2D eigenvalue weighted by Crippen LogP contribution is 2.12. The van der Waals surface area contributed by atoms with Gasteiger partial charge in [-0.25, -0.2) is 4.79 Å². The maximum absolute atomic E-state index is 11.1. The Bertz CT molecular complexity index is 362. The van der Waals surface area contributed by atoms with Crippen molar-refractivity contribution in [2.45, 2.75) is 13.8 Å². The Balaban J connectivity index is 2.11. The number of anilines is 1. The van der Waals surface area contributed by atoms with Crippen LogP contribution in [0.1, 0.15) is 13.8 Å². The predicted molar refractivity (Wildman–Crippen MR) is 68.5 cm³/mol. The molecular formula is C13H19NO4. The normalized spacial score (nSPS) is 10.2. The van der Waals surface area contributed by atoms with Crippen molar-refractivity contribution < 1.29 is 19.0 Å². The lowest BCUT2D eigenvalue weighted by atomic mass is 10.2. The molecule has 0 aliphatic rings. The predicted octanol–water partition coefficient (Wildman–Crippen LogP) is 2.46. The third kappa shape index (κ3) is 5.98. The molecule has 0 aromatic heterocycles. The van der Waals surface area contributed by atoms with Crippen LogP contribution in [-0.2, 0) is 9.47 Å². The molecule has 0 bridgehead atoms. The standard InChI is InChI=1S/C13H19NO4/c1-10(2)9-18-13(15)17-8-7-16-12-5-3-11(14)4-6-12/h3-6,10H,7-9,14H2,1-2H3. The van der Waals surface area contributed by atoms with Crippen LogP contribution in [0.3, 0.4) is 0 Å². The average Bonchev–Trinajstić information content (AvgIpc) is 2.34. The number of hydrogen-bond acceptors (Lipinski definition) is 5. The summed E-state index contributed by atoms with van der Waals surface area (Å²) < 4.78 is 15.0. The third-order valence-electron chi connectivity index (χ3n) is 1.99. The first-order valence-corrected chi connectivity index (χ1v) is 5.86. The van der Waals surface area contributed by atoms with E-state index in [0.717, 1.165) is 0 Å². The van der Waals surface area contributed by atoms with E-state index in [1.54, 1.807) is 24.3 Å². The molecule has 0 amide bonds. The minimum absolute atomic E-state index is 0.154. The van der Waals surface area contributed by atoms with Crippen LogP contribution in [0, 0.1) is 5.92 Å². The largest absolute Gasteiger partial charge is 0.508 e. The van der Waals surface area contributed by atoms with Gasteiger partial charge in [-0.3, -0.25) is 0 Å². The second-order valence-electron chi connectivity index (χ2n) is 4.22. The van der Waals surface area contributed by atoms with Crippen molar-refractivity contribution in [2.24, 2.45) is 5.92 Å². The van der Waals surface area contributed by atoms with Crippen molar-refractivity contribution in [3.05, 3.63) is 24.3 Å². The van der Waals surface area contributed by atoms with Crippen LogP contribution in [0.2, 0.25) is 0 Å². The summed E-state index contributed by atoms with van der Waals surface area (Å²) in [6, 6.07) is 7.00. The smallest absolute Gasteiger partial charge is 0.490 e. The van der Waals surface area contributed by atoms with E-state index >= 15 is 0 Å². The zero-order chi connectivity index (χ0) is 13.4. The quantitative estimate of drug-likeness (QED) is 0.479. The van der Waals surface area contributed by atoms with Crippen LogP contribution in [0.4, 0.5) is 10.5 Å². The second-order valence-corrected chi connectivity index (χ2v) is 4.22. The van der Waals surface area contributed by atoms with Crippen LogP contribution in [0.5, 0.6) is 5.75 Å². The van der Waals surface area contributed by atoms with Crippen molar-refractivity contribution in [3.63, 3.8) is 0 Å². The molecular weight excluding hydrogens is 234 g/mol. The first-order valence-electron chi connectivity index (χ1n) is 5.86. The van der Waals surface area contributed by atoms with Crippen LogP contribution in [-0.4, -0.2) is 26.0 Å². The molecule has 0 heterocycles. The summed E-state index contributed by atoms with van der Waals surface area (Å²) in [6.07, 6.45) is -0.662. The highest BCUT2D eigenvalue weighted by atomic mass is 16.7. The molecule has 0 radical (unpaired) electrons. The van der Waals surface area contributed by atoms with Crippen molar-refractivity contribution in [1.29, 1.82) is 0 Å². The minimum atomic E-state index is -0.662. The van der Waals surface area contributed by atoms with Crippen molar-refractivity contribution in [3.8, 4) is 5.75 Å². The van der Waals surface area contributed by atoms with E-state index < -0.39 is 6.16 Å². The highest BCUT2D eigenvalue weighted by molar-refractivity contribution is 5.59. The summed E-state index contributed by atoms with van der Waals surface area (Å²) in [5.41, 5.74) is 6.21.